The summed E-state index contributed by atoms with van der Waals surface area (Å²) in [5.74, 6) is -0.591. The number of hydrogen-bond acceptors (Lipinski definition) is 8. The standard InChI is InChI=1S/C21H23Cl2N3O5S/c1-10(27)11-4-14(22)19(15(23)5-11)30-2-3-31-21-25-9-17(32-21)13-6-12-7-24-8-16(26-12)18(13)20(28)29/h4-5,9-10,12,16,24,26-27H,2-3,6-8H2,1H3,(H,28,29)/t10-,12-,16-/m1/s1. The Morgan fingerprint density at radius 3 is 2.69 bits per heavy atom. The Balaban J connectivity index is 1.39. The summed E-state index contributed by atoms with van der Waals surface area (Å²) in [5.41, 5.74) is 1.80. The summed E-state index contributed by atoms with van der Waals surface area (Å²) in [6.45, 7) is 3.41. The fourth-order valence-electron chi connectivity index (χ4n) is 3.89. The van der Waals surface area contributed by atoms with Crippen molar-refractivity contribution in [3.8, 4) is 10.9 Å². The molecular formula is C21H23Cl2N3O5S. The van der Waals surface area contributed by atoms with Crippen LogP contribution < -0.4 is 20.1 Å². The monoisotopic (exact) mass is 499 g/mol. The van der Waals surface area contributed by atoms with Crippen molar-refractivity contribution < 1.29 is 24.5 Å². The maximum absolute atomic E-state index is 11.9. The Bertz CT molecular complexity index is 1020. The van der Waals surface area contributed by atoms with Gasteiger partial charge in [-0.05, 0) is 36.6 Å². The van der Waals surface area contributed by atoms with E-state index in [0.717, 1.165) is 17.0 Å². The van der Waals surface area contributed by atoms with Gasteiger partial charge in [0.25, 0.3) is 5.19 Å². The summed E-state index contributed by atoms with van der Waals surface area (Å²) in [6.07, 6.45) is 1.60. The maximum Gasteiger partial charge on any atom is 0.333 e. The van der Waals surface area contributed by atoms with E-state index in [-0.39, 0.29) is 25.3 Å². The number of nitrogens with zero attached hydrogens (tertiary/aromatic N) is 1. The van der Waals surface area contributed by atoms with Crippen LogP contribution in [0, 0.1) is 0 Å². The number of aliphatic hydroxyl groups is 1. The van der Waals surface area contributed by atoms with Gasteiger partial charge in [0.1, 0.15) is 13.2 Å². The molecule has 172 valence electrons. The number of rotatable bonds is 8. The highest BCUT2D eigenvalue weighted by Gasteiger charge is 2.36. The number of thiazole rings is 1. The number of aromatic nitrogens is 1. The number of hydrogen-bond donors (Lipinski definition) is 4. The fourth-order valence-corrected chi connectivity index (χ4v) is 5.37. The van der Waals surface area contributed by atoms with Crippen LogP contribution in [0.3, 0.4) is 0 Å². The number of carboxylic acid groups (broad SMARTS) is 1. The highest BCUT2D eigenvalue weighted by Crippen LogP contribution is 2.37. The minimum Gasteiger partial charge on any atom is -0.487 e. The first-order valence-corrected chi connectivity index (χ1v) is 11.7. The first kappa shape index (κ1) is 23.3. The normalized spacial score (nSPS) is 21.4. The van der Waals surface area contributed by atoms with E-state index in [1.54, 1.807) is 25.3 Å². The van der Waals surface area contributed by atoms with Crippen molar-refractivity contribution in [3.05, 3.63) is 44.4 Å². The first-order chi connectivity index (χ1) is 15.3. The fraction of sp³-hybridized carbons (Fsp3) is 0.429. The molecule has 0 amide bonds. The third-order valence-electron chi connectivity index (χ3n) is 5.37. The van der Waals surface area contributed by atoms with Crippen LogP contribution in [0.15, 0.2) is 23.9 Å². The predicted molar refractivity (Wildman–Crippen MR) is 123 cm³/mol. The number of carbonyl (C=O) groups is 1. The van der Waals surface area contributed by atoms with Crippen molar-refractivity contribution in [2.24, 2.45) is 0 Å². The molecule has 8 nitrogen and oxygen atoms in total. The molecule has 11 heteroatoms. The average Bonchev–Trinajstić information content (AvgIpc) is 3.20. The van der Waals surface area contributed by atoms with Gasteiger partial charge < -0.3 is 30.3 Å². The van der Waals surface area contributed by atoms with Crippen LogP contribution in [0.25, 0.3) is 5.57 Å². The molecule has 4 N–H and O–H groups in total. The van der Waals surface area contributed by atoms with Gasteiger partial charge in [0.15, 0.2) is 5.75 Å². The Labute approximate surface area is 199 Å². The molecule has 2 bridgehead atoms. The molecule has 3 heterocycles. The van der Waals surface area contributed by atoms with Crippen molar-refractivity contribution in [1.29, 1.82) is 0 Å². The zero-order valence-corrected chi connectivity index (χ0v) is 19.6. The number of fused-ring (bicyclic) bond motifs is 2. The Morgan fingerprint density at radius 2 is 2.00 bits per heavy atom. The third-order valence-corrected chi connectivity index (χ3v) is 6.90. The lowest BCUT2D eigenvalue weighted by Crippen LogP contribution is -2.58. The Hall–Kier alpha value is -1.88. The number of nitrogens with one attached hydrogen (secondary N) is 2. The van der Waals surface area contributed by atoms with Crippen LogP contribution in [0.1, 0.15) is 29.9 Å². The van der Waals surface area contributed by atoms with E-state index < -0.39 is 12.1 Å². The molecule has 1 saturated heterocycles. The lowest BCUT2D eigenvalue weighted by atomic mass is 9.87. The second-order valence-corrected chi connectivity index (χ2v) is 9.46. The molecule has 0 aliphatic carbocycles. The van der Waals surface area contributed by atoms with Crippen molar-refractivity contribution in [3.63, 3.8) is 0 Å². The minimum absolute atomic E-state index is 0.186. The average molecular weight is 500 g/mol. The van der Waals surface area contributed by atoms with Crippen LogP contribution in [0.4, 0.5) is 0 Å². The summed E-state index contributed by atoms with van der Waals surface area (Å²) < 4.78 is 11.3. The van der Waals surface area contributed by atoms with Gasteiger partial charge in [0.2, 0.25) is 0 Å². The van der Waals surface area contributed by atoms with E-state index in [9.17, 15) is 15.0 Å². The highest BCUT2D eigenvalue weighted by atomic mass is 35.5. The van der Waals surface area contributed by atoms with Gasteiger partial charge in [0.05, 0.1) is 32.6 Å². The van der Waals surface area contributed by atoms with E-state index in [2.05, 4.69) is 15.6 Å². The van der Waals surface area contributed by atoms with E-state index in [4.69, 9.17) is 32.7 Å². The second-order valence-electron chi connectivity index (χ2n) is 7.65. The summed E-state index contributed by atoms with van der Waals surface area (Å²) in [6, 6.07) is 3.20. The molecule has 1 aromatic heterocycles. The van der Waals surface area contributed by atoms with Crippen LogP contribution in [-0.2, 0) is 4.79 Å². The summed E-state index contributed by atoms with van der Waals surface area (Å²) >= 11 is 13.7. The number of piperazine rings is 1. The largest absolute Gasteiger partial charge is 0.487 e. The van der Waals surface area contributed by atoms with Crippen LogP contribution in [-0.4, -0.2) is 59.6 Å². The zero-order valence-electron chi connectivity index (χ0n) is 17.2. The number of aliphatic carboxylic acids is 1. The van der Waals surface area contributed by atoms with Gasteiger partial charge in [-0.25, -0.2) is 9.78 Å². The molecule has 3 atom stereocenters. The van der Waals surface area contributed by atoms with Crippen molar-refractivity contribution >= 4 is 46.1 Å². The van der Waals surface area contributed by atoms with E-state index in [1.807, 2.05) is 0 Å². The molecule has 32 heavy (non-hydrogen) atoms. The molecule has 2 aliphatic heterocycles. The van der Waals surface area contributed by atoms with Crippen molar-refractivity contribution in [2.45, 2.75) is 31.5 Å². The lowest BCUT2D eigenvalue weighted by Gasteiger charge is -2.38. The van der Waals surface area contributed by atoms with Gasteiger partial charge in [0, 0.05) is 25.3 Å². The van der Waals surface area contributed by atoms with E-state index in [1.165, 1.54) is 11.3 Å². The first-order valence-electron chi connectivity index (χ1n) is 10.2. The molecule has 2 aromatic rings. The summed E-state index contributed by atoms with van der Waals surface area (Å²) in [4.78, 5) is 17.0. The Kier molecular flexibility index (Phi) is 7.24. The number of aliphatic hydroxyl groups excluding tert-OH is 1. The summed E-state index contributed by atoms with van der Waals surface area (Å²) in [5, 5.41) is 27.1. The number of halogens is 2. The van der Waals surface area contributed by atoms with Crippen LogP contribution in [0.2, 0.25) is 10.0 Å². The van der Waals surface area contributed by atoms with Gasteiger partial charge in [-0.3, -0.25) is 0 Å². The predicted octanol–water partition coefficient (Wildman–Crippen LogP) is 3.13. The molecule has 0 unspecified atom stereocenters. The molecule has 0 radical (unpaired) electrons. The summed E-state index contributed by atoms with van der Waals surface area (Å²) in [7, 11) is 0. The topological polar surface area (TPSA) is 113 Å². The van der Waals surface area contributed by atoms with Crippen molar-refractivity contribution in [1.82, 2.24) is 15.6 Å². The quantitative estimate of drug-likeness (QED) is 0.409. The molecular weight excluding hydrogens is 477 g/mol. The molecule has 1 aromatic carbocycles. The lowest BCUT2D eigenvalue weighted by molar-refractivity contribution is -0.133. The molecule has 1 fully saturated rings. The SMILES string of the molecule is C[C@@H](O)c1cc(Cl)c(OCCOc2ncc(C3=C(C(=O)O)[C@H]4CNC[C@@H](C3)N4)s2)c(Cl)c1. The van der Waals surface area contributed by atoms with Crippen LogP contribution in [0.5, 0.6) is 10.9 Å². The zero-order chi connectivity index (χ0) is 22.8. The van der Waals surface area contributed by atoms with Gasteiger partial charge in [-0.15, -0.1) is 0 Å². The smallest absolute Gasteiger partial charge is 0.333 e. The Morgan fingerprint density at radius 1 is 1.28 bits per heavy atom. The molecule has 4 rings (SSSR count). The van der Waals surface area contributed by atoms with Gasteiger partial charge in [-0.1, -0.05) is 34.5 Å². The highest BCUT2D eigenvalue weighted by molar-refractivity contribution is 7.14. The van der Waals surface area contributed by atoms with E-state index >= 15 is 0 Å². The maximum atomic E-state index is 11.9. The van der Waals surface area contributed by atoms with E-state index in [0.29, 0.717) is 45.1 Å². The third kappa shape index (κ3) is 5.03. The molecule has 2 aliphatic rings. The number of ether oxygens (including phenoxy) is 2. The minimum atomic E-state index is -0.917. The second kappa shape index (κ2) is 9.94. The molecule has 0 saturated carbocycles. The number of carboxylic acids is 1. The van der Waals surface area contributed by atoms with Crippen molar-refractivity contribution in [2.75, 3.05) is 26.3 Å². The van der Waals surface area contributed by atoms with Gasteiger partial charge >= 0.3 is 5.97 Å². The molecule has 0 spiro atoms. The number of benzene rings is 1. The van der Waals surface area contributed by atoms with Gasteiger partial charge in [-0.2, -0.15) is 0 Å². The van der Waals surface area contributed by atoms with Crippen LogP contribution >= 0.6 is 34.5 Å².